The van der Waals surface area contributed by atoms with E-state index in [1.807, 2.05) is 24.3 Å². The molecule has 5 rings (SSSR count). The van der Waals surface area contributed by atoms with Crippen LogP contribution in [0.1, 0.15) is 88.2 Å². The van der Waals surface area contributed by atoms with E-state index in [-0.39, 0.29) is 18.6 Å². The summed E-state index contributed by atoms with van der Waals surface area (Å²) in [6.07, 6.45) is 9.09. The van der Waals surface area contributed by atoms with Crippen molar-refractivity contribution >= 4 is 12.1 Å². The first-order valence-electron chi connectivity index (χ1n) is 15.6. The van der Waals surface area contributed by atoms with Gasteiger partial charge in [0.15, 0.2) is 0 Å². The van der Waals surface area contributed by atoms with Gasteiger partial charge in [-0.3, -0.25) is 0 Å². The zero-order valence-electron chi connectivity index (χ0n) is 24.2. The zero-order valence-corrected chi connectivity index (χ0v) is 24.2. The highest BCUT2D eigenvalue weighted by molar-refractivity contribution is 5.82. The van der Waals surface area contributed by atoms with Gasteiger partial charge in [-0.2, -0.15) is 0 Å². The number of benzene rings is 2. The summed E-state index contributed by atoms with van der Waals surface area (Å²) in [5.41, 5.74) is 4.47. The summed E-state index contributed by atoms with van der Waals surface area (Å²) in [7, 11) is 0. The van der Waals surface area contributed by atoms with Gasteiger partial charge in [-0.15, -0.1) is 0 Å². The fourth-order valence-corrected chi connectivity index (χ4v) is 7.27. The van der Waals surface area contributed by atoms with Crippen molar-refractivity contribution in [3.05, 3.63) is 59.7 Å². The number of carbonyl (C=O) groups is 2. The van der Waals surface area contributed by atoms with E-state index >= 15 is 0 Å². The van der Waals surface area contributed by atoms with Crippen molar-refractivity contribution in [1.29, 1.82) is 0 Å². The standard InChI is InChI=1S/C34H45NO6/c1-22(30(37)20-36)31(33(38)41-32(23-12-4-2-5-13-23)24-14-6-3-7-15-24)35-34(39)40-21-29-27-18-10-8-16-25(27)26-17-9-11-19-28(26)29/h8-11,16-19,22-24,29-32,36-37H,2-7,12-15,20-21H2,1H3,(H,35,39)/t22-,30?,31-/m0/s1. The molecule has 2 fully saturated rings. The highest BCUT2D eigenvalue weighted by Gasteiger charge is 2.39. The molecule has 1 amide bonds. The Morgan fingerprint density at radius 3 is 1.88 bits per heavy atom. The molecule has 0 aliphatic heterocycles. The predicted molar refractivity (Wildman–Crippen MR) is 157 cm³/mol. The lowest BCUT2D eigenvalue weighted by molar-refractivity contribution is -0.162. The number of alkyl carbamates (subject to hydrolysis) is 1. The maximum atomic E-state index is 13.7. The van der Waals surface area contributed by atoms with Gasteiger partial charge in [0.05, 0.1) is 12.7 Å². The molecule has 0 saturated heterocycles. The Morgan fingerprint density at radius 1 is 0.854 bits per heavy atom. The van der Waals surface area contributed by atoms with Crippen molar-refractivity contribution in [3.63, 3.8) is 0 Å². The molecule has 0 radical (unpaired) electrons. The van der Waals surface area contributed by atoms with E-state index in [4.69, 9.17) is 9.47 Å². The quantitative estimate of drug-likeness (QED) is 0.308. The Balaban J connectivity index is 1.29. The summed E-state index contributed by atoms with van der Waals surface area (Å²) in [6, 6.07) is 15.1. The topological polar surface area (TPSA) is 105 Å². The predicted octanol–water partition coefficient (Wildman–Crippen LogP) is 5.96. The van der Waals surface area contributed by atoms with Gasteiger partial charge in [0.1, 0.15) is 18.8 Å². The monoisotopic (exact) mass is 563 g/mol. The molecule has 1 unspecified atom stereocenters. The number of ether oxygens (including phenoxy) is 2. The molecule has 3 atom stereocenters. The molecule has 2 aromatic rings. The minimum Gasteiger partial charge on any atom is -0.460 e. The van der Waals surface area contributed by atoms with Crippen molar-refractivity contribution in [1.82, 2.24) is 5.32 Å². The summed E-state index contributed by atoms with van der Waals surface area (Å²) in [6.45, 7) is 1.24. The molecule has 3 N–H and O–H groups in total. The van der Waals surface area contributed by atoms with Gasteiger partial charge < -0.3 is 25.0 Å². The number of aliphatic hydroxyl groups is 2. The van der Waals surface area contributed by atoms with E-state index in [1.165, 1.54) is 12.8 Å². The first-order chi connectivity index (χ1) is 20.0. The molecule has 7 heteroatoms. The second-order valence-corrected chi connectivity index (χ2v) is 12.3. The molecule has 0 bridgehead atoms. The van der Waals surface area contributed by atoms with Gasteiger partial charge in [-0.1, -0.05) is 94.0 Å². The van der Waals surface area contributed by atoms with Crippen LogP contribution < -0.4 is 5.32 Å². The fourth-order valence-electron chi connectivity index (χ4n) is 7.27. The average molecular weight is 564 g/mol. The molecule has 0 aromatic heterocycles. The van der Waals surface area contributed by atoms with Gasteiger partial charge in [0.2, 0.25) is 0 Å². The fraction of sp³-hybridized carbons (Fsp3) is 0.588. The van der Waals surface area contributed by atoms with Crippen LogP contribution in [-0.2, 0) is 14.3 Å². The lowest BCUT2D eigenvalue weighted by Crippen LogP contribution is -2.52. The van der Waals surface area contributed by atoms with Gasteiger partial charge in [-0.25, -0.2) is 9.59 Å². The summed E-state index contributed by atoms with van der Waals surface area (Å²) >= 11 is 0. The molecule has 41 heavy (non-hydrogen) atoms. The Hall–Kier alpha value is -2.90. The van der Waals surface area contributed by atoms with E-state index < -0.39 is 36.7 Å². The second-order valence-electron chi connectivity index (χ2n) is 12.3. The molecule has 3 aliphatic carbocycles. The average Bonchev–Trinajstić information content (AvgIpc) is 3.35. The lowest BCUT2D eigenvalue weighted by atomic mass is 9.75. The van der Waals surface area contributed by atoms with Crippen molar-refractivity contribution in [2.45, 2.75) is 95.3 Å². The number of hydrogen-bond acceptors (Lipinski definition) is 6. The van der Waals surface area contributed by atoms with Crippen molar-refractivity contribution < 1.29 is 29.3 Å². The smallest absolute Gasteiger partial charge is 0.407 e. The number of aliphatic hydroxyl groups excluding tert-OH is 2. The Kier molecular flexibility index (Phi) is 9.99. The van der Waals surface area contributed by atoms with E-state index in [1.54, 1.807) is 6.92 Å². The number of carbonyl (C=O) groups excluding carboxylic acids is 2. The third-order valence-corrected chi connectivity index (χ3v) is 9.67. The van der Waals surface area contributed by atoms with Crippen LogP contribution in [0.3, 0.4) is 0 Å². The summed E-state index contributed by atoms with van der Waals surface area (Å²) in [5, 5.41) is 22.8. The number of nitrogens with one attached hydrogen (secondary N) is 1. The van der Waals surface area contributed by atoms with Crippen molar-refractivity contribution in [3.8, 4) is 11.1 Å². The largest absolute Gasteiger partial charge is 0.460 e. The van der Waals surface area contributed by atoms with Crippen LogP contribution in [0.25, 0.3) is 11.1 Å². The number of amides is 1. The van der Waals surface area contributed by atoms with E-state index in [0.717, 1.165) is 73.6 Å². The summed E-state index contributed by atoms with van der Waals surface area (Å²) in [4.78, 5) is 26.9. The van der Waals surface area contributed by atoms with Crippen LogP contribution in [0.4, 0.5) is 4.79 Å². The normalized spacial score (nSPS) is 20.1. The van der Waals surface area contributed by atoms with Gasteiger partial charge >= 0.3 is 12.1 Å². The number of rotatable bonds is 10. The van der Waals surface area contributed by atoms with Gasteiger partial charge in [0.25, 0.3) is 0 Å². The lowest BCUT2D eigenvalue weighted by Gasteiger charge is -2.38. The molecule has 2 aromatic carbocycles. The first kappa shape index (κ1) is 29.6. The van der Waals surface area contributed by atoms with Crippen molar-refractivity contribution in [2.75, 3.05) is 13.2 Å². The Labute approximate surface area is 243 Å². The molecule has 0 spiro atoms. The van der Waals surface area contributed by atoms with Crippen LogP contribution in [0, 0.1) is 17.8 Å². The summed E-state index contributed by atoms with van der Waals surface area (Å²) < 4.78 is 12.0. The molecule has 2 saturated carbocycles. The third kappa shape index (κ3) is 6.78. The van der Waals surface area contributed by atoms with Crippen molar-refractivity contribution in [2.24, 2.45) is 17.8 Å². The maximum absolute atomic E-state index is 13.7. The van der Waals surface area contributed by atoms with E-state index in [0.29, 0.717) is 11.8 Å². The molecule has 0 heterocycles. The van der Waals surface area contributed by atoms with Gasteiger partial charge in [0, 0.05) is 11.8 Å². The minimum atomic E-state index is -1.19. The Morgan fingerprint density at radius 2 is 1.37 bits per heavy atom. The number of hydrogen-bond donors (Lipinski definition) is 3. The Bertz CT molecular complexity index is 1110. The van der Waals surface area contributed by atoms with E-state index in [2.05, 4.69) is 29.6 Å². The molecule has 222 valence electrons. The highest BCUT2D eigenvalue weighted by Crippen LogP contribution is 2.44. The molecular formula is C34H45NO6. The third-order valence-electron chi connectivity index (χ3n) is 9.67. The van der Waals surface area contributed by atoms with Crippen LogP contribution in [0.2, 0.25) is 0 Å². The van der Waals surface area contributed by atoms with E-state index in [9.17, 15) is 19.8 Å². The SMILES string of the molecule is C[C@@H](C(O)CO)[C@H](NC(=O)OCC1c2ccccc2-c2ccccc21)C(=O)OC(C1CCCCC1)C1CCCCC1. The summed E-state index contributed by atoms with van der Waals surface area (Å²) in [5.74, 6) is -0.778. The first-order valence-corrected chi connectivity index (χ1v) is 15.6. The molecular weight excluding hydrogens is 518 g/mol. The second kappa shape index (κ2) is 13.8. The number of fused-ring (bicyclic) bond motifs is 3. The molecule has 3 aliphatic rings. The maximum Gasteiger partial charge on any atom is 0.407 e. The van der Waals surface area contributed by atoms with Crippen LogP contribution in [0.5, 0.6) is 0 Å². The van der Waals surface area contributed by atoms with Crippen LogP contribution in [-0.4, -0.2) is 53.7 Å². The number of esters is 1. The van der Waals surface area contributed by atoms with Crippen LogP contribution >= 0.6 is 0 Å². The zero-order chi connectivity index (χ0) is 28.8. The van der Waals surface area contributed by atoms with Crippen LogP contribution in [0.15, 0.2) is 48.5 Å². The highest BCUT2D eigenvalue weighted by atomic mass is 16.6. The molecule has 7 nitrogen and oxygen atoms in total. The minimum absolute atomic E-state index is 0.110. The van der Waals surface area contributed by atoms with Gasteiger partial charge in [-0.05, 0) is 59.8 Å².